The van der Waals surface area contributed by atoms with E-state index in [-0.39, 0.29) is 17.9 Å². The summed E-state index contributed by atoms with van der Waals surface area (Å²) >= 11 is 0. The molecule has 0 aromatic carbocycles. The van der Waals surface area contributed by atoms with Crippen LogP contribution in [-0.4, -0.2) is 70.7 Å². The summed E-state index contributed by atoms with van der Waals surface area (Å²) in [6, 6.07) is 0. The van der Waals surface area contributed by atoms with Gasteiger partial charge in [0.25, 0.3) is 0 Å². The summed E-state index contributed by atoms with van der Waals surface area (Å²) in [6.45, 7) is 12.7. The first-order valence-electron chi connectivity index (χ1n) is 7.47. The Labute approximate surface area is 128 Å². The van der Waals surface area contributed by atoms with Gasteiger partial charge in [0.2, 0.25) is 0 Å². The molecule has 0 fully saturated rings. The lowest BCUT2D eigenvalue weighted by atomic mass is 10.1. The van der Waals surface area contributed by atoms with Crippen LogP contribution in [0.2, 0.25) is 0 Å². The molecule has 0 aromatic heterocycles. The maximum atomic E-state index is 10.6. The van der Waals surface area contributed by atoms with Gasteiger partial charge in [0.1, 0.15) is 6.61 Å². The topological polar surface area (TPSA) is 66.0 Å². The van der Waals surface area contributed by atoms with E-state index in [9.17, 15) is 4.79 Å². The SMILES string of the molecule is CC(=O)COCCOCCOCCOCCNC(C)(C)C. The highest BCUT2D eigenvalue weighted by Gasteiger charge is 2.06. The monoisotopic (exact) mass is 305 g/mol. The van der Waals surface area contributed by atoms with Gasteiger partial charge >= 0.3 is 0 Å². The molecule has 0 saturated heterocycles. The molecule has 0 heterocycles. The van der Waals surface area contributed by atoms with Crippen LogP contribution in [0.5, 0.6) is 0 Å². The number of hydrogen-bond acceptors (Lipinski definition) is 6. The van der Waals surface area contributed by atoms with Gasteiger partial charge in [-0.05, 0) is 27.7 Å². The third kappa shape index (κ3) is 19.5. The van der Waals surface area contributed by atoms with Gasteiger partial charge in [0.15, 0.2) is 5.78 Å². The van der Waals surface area contributed by atoms with Gasteiger partial charge in [-0.1, -0.05) is 0 Å². The highest BCUT2D eigenvalue weighted by molar-refractivity contribution is 5.76. The van der Waals surface area contributed by atoms with Crippen LogP contribution in [0.1, 0.15) is 27.7 Å². The fourth-order valence-corrected chi connectivity index (χ4v) is 1.37. The lowest BCUT2D eigenvalue weighted by molar-refractivity contribution is -0.122. The Balaban J connectivity index is 3.04. The van der Waals surface area contributed by atoms with Crippen molar-refractivity contribution in [2.45, 2.75) is 33.2 Å². The molecular formula is C15H31NO5. The van der Waals surface area contributed by atoms with Crippen LogP contribution in [0, 0.1) is 0 Å². The Morgan fingerprint density at radius 3 is 1.67 bits per heavy atom. The smallest absolute Gasteiger partial charge is 0.155 e. The predicted molar refractivity (Wildman–Crippen MR) is 81.7 cm³/mol. The Bertz CT molecular complexity index is 253. The van der Waals surface area contributed by atoms with Crippen molar-refractivity contribution in [2.75, 3.05) is 59.4 Å². The summed E-state index contributed by atoms with van der Waals surface area (Å²) in [5, 5.41) is 3.35. The van der Waals surface area contributed by atoms with Gasteiger partial charge < -0.3 is 24.3 Å². The summed E-state index contributed by atoms with van der Waals surface area (Å²) < 4.78 is 21.1. The maximum absolute atomic E-state index is 10.6. The molecule has 0 unspecified atom stereocenters. The number of nitrogens with one attached hydrogen (secondary N) is 1. The number of ether oxygens (including phenoxy) is 4. The van der Waals surface area contributed by atoms with Crippen LogP contribution in [0.25, 0.3) is 0 Å². The molecule has 0 aromatic rings. The second kappa shape index (κ2) is 13.2. The summed E-state index contributed by atoms with van der Waals surface area (Å²) in [5.74, 6) is 0.0241. The molecule has 0 radical (unpaired) electrons. The molecule has 21 heavy (non-hydrogen) atoms. The maximum Gasteiger partial charge on any atom is 0.155 e. The Morgan fingerprint density at radius 2 is 1.24 bits per heavy atom. The van der Waals surface area contributed by atoms with Gasteiger partial charge in [-0.2, -0.15) is 0 Å². The van der Waals surface area contributed by atoms with Crippen LogP contribution in [0.3, 0.4) is 0 Å². The van der Waals surface area contributed by atoms with E-state index in [0.717, 1.165) is 6.54 Å². The molecule has 0 saturated carbocycles. The zero-order valence-corrected chi connectivity index (χ0v) is 13.9. The predicted octanol–water partition coefficient (Wildman–Crippen LogP) is 1.03. The first-order chi connectivity index (χ1) is 9.92. The number of Topliss-reactive ketones (excluding diaryl/α,β-unsaturated/α-hetero) is 1. The number of rotatable bonds is 14. The third-order valence-corrected chi connectivity index (χ3v) is 2.32. The van der Waals surface area contributed by atoms with Crippen LogP contribution in [-0.2, 0) is 23.7 Å². The Kier molecular flexibility index (Phi) is 12.8. The number of ketones is 1. The molecular weight excluding hydrogens is 274 g/mol. The minimum absolute atomic E-state index is 0.0241. The van der Waals surface area contributed by atoms with Gasteiger partial charge in [-0.15, -0.1) is 0 Å². The number of carbonyl (C=O) groups excluding carboxylic acids is 1. The fourth-order valence-electron chi connectivity index (χ4n) is 1.37. The zero-order chi connectivity index (χ0) is 16.0. The van der Waals surface area contributed by atoms with Crippen LogP contribution < -0.4 is 5.32 Å². The van der Waals surface area contributed by atoms with Crippen molar-refractivity contribution in [3.8, 4) is 0 Å². The molecule has 0 aliphatic rings. The van der Waals surface area contributed by atoms with Crippen molar-refractivity contribution in [3.05, 3.63) is 0 Å². The number of hydrogen-bond donors (Lipinski definition) is 1. The normalized spacial score (nSPS) is 11.8. The van der Waals surface area contributed by atoms with Crippen molar-refractivity contribution in [1.82, 2.24) is 5.32 Å². The van der Waals surface area contributed by atoms with E-state index in [2.05, 4.69) is 26.1 Å². The molecule has 0 bridgehead atoms. The van der Waals surface area contributed by atoms with E-state index in [4.69, 9.17) is 18.9 Å². The van der Waals surface area contributed by atoms with Crippen molar-refractivity contribution >= 4 is 5.78 Å². The second-order valence-electron chi connectivity index (χ2n) is 5.77. The fraction of sp³-hybridized carbons (Fsp3) is 0.933. The van der Waals surface area contributed by atoms with E-state index in [0.29, 0.717) is 46.2 Å². The average Bonchev–Trinajstić information content (AvgIpc) is 2.37. The van der Waals surface area contributed by atoms with E-state index in [1.807, 2.05) is 0 Å². The second-order valence-corrected chi connectivity index (χ2v) is 5.77. The van der Waals surface area contributed by atoms with Gasteiger partial charge in [0, 0.05) is 12.1 Å². The molecule has 0 aliphatic carbocycles. The summed E-state index contributed by atoms with van der Waals surface area (Å²) in [5.41, 5.74) is 0.130. The van der Waals surface area contributed by atoms with Gasteiger partial charge in [-0.25, -0.2) is 0 Å². The molecule has 1 N–H and O–H groups in total. The molecule has 6 nitrogen and oxygen atoms in total. The lowest BCUT2D eigenvalue weighted by Gasteiger charge is -2.20. The Morgan fingerprint density at radius 1 is 0.810 bits per heavy atom. The summed E-state index contributed by atoms with van der Waals surface area (Å²) in [4.78, 5) is 10.6. The molecule has 0 atom stereocenters. The summed E-state index contributed by atoms with van der Waals surface area (Å²) in [6.07, 6.45) is 0. The van der Waals surface area contributed by atoms with Crippen molar-refractivity contribution < 1.29 is 23.7 Å². The average molecular weight is 305 g/mol. The highest BCUT2D eigenvalue weighted by atomic mass is 16.6. The van der Waals surface area contributed by atoms with Crippen LogP contribution in [0.15, 0.2) is 0 Å². The molecule has 126 valence electrons. The third-order valence-electron chi connectivity index (χ3n) is 2.32. The lowest BCUT2D eigenvalue weighted by Crippen LogP contribution is -2.38. The van der Waals surface area contributed by atoms with Crippen molar-refractivity contribution in [3.63, 3.8) is 0 Å². The van der Waals surface area contributed by atoms with Gasteiger partial charge in [0.05, 0.1) is 46.2 Å². The molecule has 0 aliphatic heterocycles. The minimum atomic E-state index is 0.0241. The van der Waals surface area contributed by atoms with Crippen molar-refractivity contribution in [1.29, 1.82) is 0 Å². The summed E-state index contributed by atoms with van der Waals surface area (Å²) in [7, 11) is 0. The number of carbonyl (C=O) groups is 1. The Hall–Kier alpha value is -0.530. The molecule has 0 amide bonds. The van der Waals surface area contributed by atoms with E-state index in [1.165, 1.54) is 6.92 Å². The van der Waals surface area contributed by atoms with E-state index >= 15 is 0 Å². The minimum Gasteiger partial charge on any atom is -0.378 e. The van der Waals surface area contributed by atoms with E-state index < -0.39 is 0 Å². The van der Waals surface area contributed by atoms with E-state index in [1.54, 1.807) is 0 Å². The largest absolute Gasteiger partial charge is 0.378 e. The quantitative estimate of drug-likeness (QED) is 0.484. The highest BCUT2D eigenvalue weighted by Crippen LogP contribution is 1.96. The standard InChI is InChI=1S/C15H31NO5/c1-14(17)13-21-12-11-20-10-9-19-8-7-18-6-5-16-15(2,3)4/h16H,5-13H2,1-4H3. The molecule has 0 spiro atoms. The van der Waals surface area contributed by atoms with Crippen molar-refractivity contribution in [2.24, 2.45) is 0 Å². The molecule has 0 rings (SSSR count). The van der Waals surface area contributed by atoms with Gasteiger partial charge in [-0.3, -0.25) is 4.79 Å². The first kappa shape index (κ1) is 20.5. The van der Waals surface area contributed by atoms with Crippen LogP contribution in [0.4, 0.5) is 0 Å². The zero-order valence-electron chi connectivity index (χ0n) is 13.9. The van der Waals surface area contributed by atoms with Crippen LogP contribution >= 0.6 is 0 Å². The first-order valence-corrected chi connectivity index (χ1v) is 7.47. The molecule has 6 heteroatoms.